The summed E-state index contributed by atoms with van der Waals surface area (Å²) in [4.78, 5) is 11.3. The molecule has 0 aliphatic carbocycles. The summed E-state index contributed by atoms with van der Waals surface area (Å²) >= 11 is 0. The zero-order chi connectivity index (χ0) is 12.8. The molecule has 2 N–H and O–H groups in total. The molecule has 1 aromatic rings. The van der Waals surface area contributed by atoms with Crippen LogP contribution >= 0.6 is 0 Å². The number of rotatable bonds is 6. The van der Waals surface area contributed by atoms with Crippen LogP contribution in [0.15, 0.2) is 0 Å². The minimum atomic E-state index is -0.00647. The van der Waals surface area contributed by atoms with Gasteiger partial charge in [0.1, 0.15) is 0 Å². The van der Waals surface area contributed by atoms with Gasteiger partial charge >= 0.3 is 0 Å². The summed E-state index contributed by atoms with van der Waals surface area (Å²) in [6.45, 7) is 5.33. The molecule has 6 heteroatoms. The molecule has 0 fully saturated rings. The largest absolute Gasteiger partial charge is 0.481 e. The van der Waals surface area contributed by atoms with Crippen molar-refractivity contribution in [3.05, 3.63) is 11.3 Å². The monoisotopic (exact) mass is 240 g/mol. The van der Waals surface area contributed by atoms with Gasteiger partial charge in [-0.25, -0.2) is 4.68 Å². The number of aromatic nitrogens is 2. The summed E-state index contributed by atoms with van der Waals surface area (Å²) < 4.78 is 6.95. The third-order valence-electron chi connectivity index (χ3n) is 2.44. The number of hydrogen-bond acceptors (Lipinski definition) is 4. The summed E-state index contributed by atoms with van der Waals surface area (Å²) in [7, 11) is 3.45. The summed E-state index contributed by atoms with van der Waals surface area (Å²) in [6, 6.07) is 0. The lowest BCUT2D eigenvalue weighted by Crippen LogP contribution is -2.33. The number of likely N-dealkylation sites (N-methyl/N-ethyl adjacent to an activating group) is 1. The van der Waals surface area contributed by atoms with Crippen LogP contribution in [0.4, 0.5) is 0 Å². The minimum absolute atomic E-state index is 0.00647. The van der Waals surface area contributed by atoms with Crippen molar-refractivity contribution >= 4 is 5.91 Å². The Labute approximate surface area is 101 Å². The molecule has 1 aromatic heterocycles. The third kappa shape index (κ3) is 3.45. The number of hydrogen-bond donors (Lipinski definition) is 2. The predicted octanol–water partition coefficient (Wildman–Crippen LogP) is -0.0372. The first-order valence-corrected chi connectivity index (χ1v) is 5.64. The molecule has 6 nitrogen and oxygen atoms in total. The fourth-order valence-electron chi connectivity index (χ4n) is 1.70. The van der Waals surface area contributed by atoms with Gasteiger partial charge in [0.05, 0.1) is 24.9 Å². The Balaban J connectivity index is 2.54. The highest BCUT2D eigenvalue weighted by Gasteiger charge is 2.13. The molecule has 0 saturated carbocycles. The van der Waals surface area contributed by atoms with E-state index in [1.54, 1.807) is 11.8 Å². The van der Waals surface area contributed by atoms with Crippen LogP contribution < -0.4 is 15.4 Å². The lowest BCUT2D eigenvalue weighted by atomic mass is 10.2. The Kier molecular flexibility index (Phi) is 4.96. The fourth-order valence-corrected chi connectivity index (χ4v) is 1.70. The highest BCUT2D eigenvalue weighted by atomic mass is 16.5. The maximum absolute atomic E-state index is 11.3. The van der Waals surface area contributed by atoms with Crippen LogP contribution in [0.25, 0.3) is 0 Å². The number of carbonyl (C=O) groups excluding carboxylic acids is 1. The zero-order valence-corrected chi connectivity index (χ0v) is 10.8. The molecule has 0 saturated heterocycles. The third-order valence-corrected chi connectivity index (χ3v) is 2.44. The topological polar surface area (TPSA) is 68.2 Å². The van der Waals surface area contributed by atoms with Crippen LogP contribution in [0.2, 0.25) is 0 Å². The van der Waals surface area contributed by atoms with E-state index in [1.165, 1.54) is 0 Å². The molecule has 1 heterocycles. The number of ether oxygens (including phenoxy) is 1. The van der Waals surface area contributed by atoms with Crippen molar-refractivity contribution in [2.45, 2.75) is 20.4 Å². The van der Waals surface area contributed by atoms with Crippen LogP contribution in [0.1, 0.15) is 18.2 Å². The summed E-state index contributed by atoms with van der Waals surface area (Å²) in [5.41, 5.74) is 1.90. The van der Waals surface area contributed by atoms with Gasteiger partial charge in [-0.15, -0.1) is 0 Å². The van der Waals surface area contributed by atoms with Gasteiger partial charge in [-0.05, 0) is 13.8 Å². The Morgan fingerprint density at radius 3 is 2.82 bits per heavy atom. The smallest absolute Gasteiger partial charge is 0.233 e. The van der Waals surface area contributed by atoms with Gasteiger partial charge in [0.25, 0.3) is 0 Å². The Hall–Kier alpha value is -1.56. The highest BCUT2D eigenvalue weighted by molar-refractivity contribution is 5.77. The van der Waals surface area contributed by atoms with Crippen LogP contribution in [0.3, 0.4) is 0 Å². The molecule has 1 rings (SSSR count). The molecule has 0 atom stereocenters. The van der Waals surface area contributed by atoms with E-state index in [4.69, 9.17) is 4.74 Å². The molecule has 0 unspecified atom stereocenters. The fraction of sp³-hybridized carbons (Fsp3) is 0.636. The van der Waals surface area contributed by atoms with Gasteiger partial charge in [-0.1, -0.05) is 0 Å². The maximum Gasteiger partial charge on any atom is 0.233 e. The van der Waals surface area contributed by atoms with Gasteiger partial charge in [0.15, 0.2) is 0 Å². The van der Waals surface area contributed by atoms with Crippen molar-refractivity contribution in [1.82, 2.24) is 20.4 Å². The maximum atomic E-state index is 11.3. The van der Waals surface area contributed by atoms with Gasteiger partial charge < -0.3 is 15.4 Å². The van der Waals surface area contributed by atoms with Crippen molar-refractivity contribution in [1.29, 1.82) is 0 Å². The first kappa shape index (κ1) is 13.5. The second-order valence-electron chi connectivity index (χ2n) is 3.75. The van der Waals surface area contributed by atoms with E-state index < -0.39 is 0 Å². The lowest BCUT2D eigenvalue weighted by molar-refractivity contribution is -0.120. The van der Waals surface area contributed by atoms with Gasteiger partial charge in [-0.3, -0.25) is 4.79 Å². The second kappa shape index (κ2) is 6.24. The van der Waals surface area contributed by atoms with Crippen molar-refractivity contribution < 1.29 is 9.53 Å². The first-order chi connectivity index (χ1) is 8.10. The molecule has 17 heavy (non-hydrogen) atoms. The van der Waals surface area contributed by atoms with Crippen LogP contribution in [-0.4, -0.2) is 35.9 Å². The first-order valence-electron chi connectivity index (χ1n) is 5.64. The molecule has 1 amide bonds. The summed E-state index contributed by atoms with van der Waals surface area (Å²) in [6.07, 6.45) is 0. The molecular weight excluding hydrogens is 220 g/mol. The quantitative estimate of drug-likeness (QED) is 0.732. The van der Waals surface area contributed by atoms with Crippen molar-refractivity contribution in [2.24, 2.45) is 7.05 Å². The van der Waals surface area contributed by atoms with E-state index in [0.717, 1.165) is 17.1 Å². The van der Waals surface area contributed by atoms with Crippen molar-refractivity contribution in [3.8, 4) is 5.88 Å². The predicted molar refractivity (Wildman–Crippen MR) is 64.9 cm³/mol. The van der Waals surface area contributed by atoms with E-state index in [9.17, 15) is 4.79 Å². The van der Waals surface area contributed by atoms with Gasteiger partial charge in [0, 0.05) is 20.1 Å². The summed E-state index contributed by atoms with van der Waals surface area (Å²) in [5, 5.41) is 10.1. The standard InChI is InChI=1S/C11H20N4O2/c1-5-13-10(16)7-12-6-9-8(2)14-15(3)11(9)17-4/h12H,5-7H2,1-4H3,(H,13,16). The SMILES string of the molecule is CCNC(=O)CNCc1c(C)nn(C)c1OC. The number of aryl methyl sites for hydroxylation is 2. The number of nitrogens with zero attached hydrogens (tertiary/aromatic N) is 2. The lowest BCUT2D eigenvalue weighted by Gasteiger charge is -2.06. The van der Waals surface area contributed by atoms with Crippen molar-refractivity contribution in [2.75, 3.05) is 20.2 Å². The van der Waals surface area contributed by atoms with Crippen LogP contribution in [0, 0.1) is 6.92 Å². The molecule has 0 spiro atoms. The molecule has 0 aliphatic rings. The molecule has 96 valence electrons. The Bertz CT molecular complexity index is 387. The molecule has 0 aliphatic heterocycles. The molecule has 0 bridgehead atoms. The van der Waals surface area contributed by atoms with Gasteiger partial charge in [0.2, 0.25) is 11.8 Å². The average Bonchev–Trinajstić information content (AvgIpc) is 2.54. The Morgan fingerprint density at radius 2 is 2.24 bits per heavy atom. The van der Waals surface area contributed by atoms with E-state index >= 15 is 0 Å². The normalized spacial score (nSPS) is 10.4. The number of carbonyl (C=O) groups is 1. The zero-order valence-electron chi connectivity index (χ0n) is 10.8. The molecule has 0 radical (unpaired) electrons. The minimum Gasteiger partial charge on any atom is -0.481 e. The van der Waals surface area contributed by atoms with Gasteiger partial charge in [-0.2, -0.15) is 5.10 Å². The van der Waals surface area contributed by atoms with E-state index in [-0.39, 0.29) is 5.91 Å². The number of methoxy groups -OCH3 is 1. The Morgan fingerprint density at radius 1 is 1.53 bits per heavy atom. The number of nitrogens with one attached hydrogen (secondary N) is 2. The molecular formula is C11H20N4O2. The second-order valence-corrected chi connectivity index (χ2v) is 3.75. The van der Waals surface area contributed by atoms with E-state index in [1.807, 2.05) is 20.9 Å². The van der Waals surface area contributed by atoms with Crippen LogP contribution in [-0.2, 0) is 18.4 Å². The molecule has 0 aromatic carbocycles. The number of amides is 1. The van der Waals surface area contributed by atoms with E-state index in [2.05, 4.69) is 15.7 Å². The summed E-state index contributed by atoms with van der Waals surface area (Å²) in [5.74, 6) is 0.721. The average molecular weight is 240 g/mol. The highest BCUT2D eigenvalue weighted by Crippen LogP contribution is 2.20. The van der Waals surface area contributed by atoms with E-state index in [0.29, 0.717) is 19.6 Å². The van der Waals surface area contributed by atoms with Crippen LogP contribution in [0.5, 0.6) is 5.88 Å². The van der Waals surface area contributed by atoms with Crippen molar-refractivity contribution in [3.63, 3.8) is 0 Å².